The minimum absolute atomic E-state index is 0. The van der Waals surface area contributed by atoms with Crippen molar-refractivity contribution in [3.8, 4) is 0 Å². The molecule has 0 N–H and O–H groups in total. The van der Waals surface area contributed by atoms with E-state index in [2.05, 4.69) is 0 Å². The van der Waals surface area contributed by atoms with Crippen molar-refractivity contribution < 1.29 is 51.9 Å². The topological polar surface area (TPSA) is 143 Å². The van der Waals surface area contributed by atoms with Crippen molar-refractivity contribution in [3.63, 3.8) is 0 Å². The van der Waals surface area contributed by atoms with Gasteiger partial charge in [0.1, 0.15) is 0 Å². The Labute approximate surface area is 77.1 Å². The third-order valence-electron chi connectivity index (χ3n) is 0. The molecule has 0 aliphatic heterocycles. The Bertz CT molecular complexity index is 59.2. The van der Waals surface area contributed by atoms with E-state index in [-0.39, 0.29) is 50.0 Å². The summed E-state index contributed by atoms with van der Waals surface area (Å²) in [7, 11) is -5.39. The zero-order chi connectivity index (χ0) is 4.50. The van der Waals surface area contributed by atoms with Gasteiger partial charge in [-0.3, -0.25) is 0 Å². The number of rotatable bonds is 0. The van der Waals surface area contributed by atoms with Gasteiger partial charge in [0.25, 0.3) is 0 Å². The molecule has 0 radical (unpaired) electrons. The maximum atomic E-state index is 8.55. The first-order valence-electron chi connectivity index (χ1n) is 0.730. The second-order valence-electron chi connectivity index (χ2n) is 0.447. The van der Waals surface area contributed by atoms with Gasteiger partial charge in [-0.1, -0.05) is 0 Å². The van der Waals surface area contributed by atoms with Crippen LogP contribution >= 0.6 is 7.82 Å². The van der Waals surface area contributed by atoms with Crippen LogP contribution in [0.5, 0.6) is 0 Å². The molecule has 0 saturated heterocycles. The maximum absolute atomic E-state index is 8.55. The van der Waals surface area contributed by atoms with Crippen LogP contribution in [0.4, 0.5) is 0 Å². The fraction of sp³-hybridized carbons (Fsp3) is 0. The Hall–Kier alpha value is 1.28. The van der Waals surface area contributed by atoms with E-state index in [9.17, 15) is 0 Å². The molecule has 0 saturated carbocycles. The Morgan fingerprint density at radius 3 is 1.00 bits per heavy atom. The van der Waals surface area contributed by atoms with Crippen molar-refractivity contribution >= 4 is 25.2 Å². The minimum atomic E-state index is -5.39. The summed E-state index contributed by atoms with van der Waals surface area (Å²) in [6.45, 7) is 0. The van der Waals surface area contributed by atoms with E-state index in [0.717, 1.165) is 0 Å². The summed E-state index contributed by atoms with van der Waals surface area (Å²) in [4.78, 5) is 25.6. The normalized spacial score (nSPS) is 6.56. The maximum Gasteiger partial charge on any atom is 4.00 e. The molecule has 48 valence electrons. The average molecular weight is 202 g/mol. The molecule has 6 nitrogen and oxygen atoms in total. The standard InChI is InChI=1S/Al.H3O4P.2O.Ti/c;1-5(2,3)4;;;/h;(H3,1,2,3,4);;;/q+3;;2*-2;+4/p-3. The Kier molecular flexibility index (Phi) is 42.4. The monoisotopic (exact) mass is 202 g/mol. The number of hydrogen-bond donors (Lipinski definition) is 0. The summed E-state index contributed by atoms with van der Waals surface area (Å²) >= 11 is 0. The molecule has 0 unspecified atom stereocenters. The van der Waals surface area contributed by atoms with E-state index in [1.54, 1.807) is 0 Å². The summed E-state index contributed by atoms with van der Waals surface area (Å²) in [5.41, 5.74) is 0. The quantitative estimate of drug-likeness (QED) is 0.297. The molecule has 0 atom stereocenters. The van der Waals surface area contributed by atoms with E-state index in [1.807, 2.05) is 0 Å². The first kappa shape index (κ1) is 31.8. The van der Waals surface area contributed by atoms with E-state index in [1.165, 1.54) is 0 Å². The summed E-state index contributed by atoms with van der Waals surface area (Å²) in [5, 5.41) is 0. The molecule has 0 aromatic heterocycles. The molecular weight excluding hydrogens is 202 g/mol. The molecule has 0 bridgehead atoms. The van der Waals surface area contributed by atoms with Crippen molar-refractivity contribution in [1.82, 2.24) is 0 Å². The van der Waals surface area contributed by atoms with Gasteiger partial charge in [0, 0.05) is 0 Å². The van der Waals surface area contributed by atoms with Gasteiger partial charge in [-0.15, -0.1) is 0 Å². The van der Waals surface area contributed by atoms with Crippen LogP contribution in [0.1, 0.15) is 0 Å². The third kappa shape index (κ3) is 301. The average Bonchev–Trinajstić information content (AvgIpc) is 0.722. The zero-order valence-electron chi connectivity index (χ0n) is 3.97. The molecule has 0 aliphatic carbocycles. The molecule has 0 aliphatic rings. The van der Waals surface area contributed by atoms with Crippen LogP contribution in [0.25, 0.3) is 0 Å². The summed E-state index contributed by atoms with van der Waals surface area (Å²) in [5.74, 6) is 0. The Morgan fingerprint density at radius 1 is 1.00 bits per heavy atom. The SMILES string of the molecule is O=P([O-])([O-])[O-].[Al+3].[O-2].[O-2].[Ti+4]. The van der Waals surface area contributed by atoms with Crippen molar-refractivity contribution in [1.29, 1.82) is 0 Å². The van der Waals surface area contributed by atoms with Gasteiger partial charge >= 0.3 is 39.1 Å². The number of phosphoric acid groups is 1. The van der Waals surface area contributed by atoms with Crippen molar-refractivity contribution in [2.45, 2.75) is 0 Å². The van der Waals surface area contributed by atoms with E-state index >= 15 is 0 Å². The molecule has 9 heavy (non-hydrogen) atoms. The molecule has 0 fully saturated rings. The van der Waals surface area contributed by atoms with Gasteiger partial charge in [-0.25, -0.2) is 0 Å². The van der Waals surface area contributed by atoms with E-state index in [0.29, 0.717) is 0 Å². The molecule has 0 rings (SSSR count). The van der Waals surface area contributed by atoms with E-state index < -0.39 is 7.82 Å². The summed E-state index contributed by atoms with van der Waals surface area (Å²) < 4.78 is 8.55. The first-order chi connectivity index (χ1) is 2.00. The van der Waals surface area contributed by atoms with Crippen LogP contribution in [-0.2, 0) is 37.2 Å². The van der Waals surface area contributed by atoms with Crippen molar-refractivity contribution in [2.75, 3.05) is 0 Å². The predicted molar refractivity (Wildman–Crippen MR) is 14.7 cm³/mol. The largest absolute Gasteiger partial charge is 4.00 e. The second-order valence-corrected chi connectivity index (χ2v) is 1.34. The summed E-state index contributed by atoms with van der Waals surface area (Å²) in [6, 6.07) is 0. The third-order valence-corrected chi connectivity index (χ3v) is 0. The molecule has 9 heteroatoms. The van der Waals surface area contributed by atoms with Gasteiger partial charge in [0.05, 0.1) is 0 Å². The Morgan fingerprint density at radius 2 is 1.00 bits per heavy atom. The van der Waals surface area contributed by atoms with Gasteiger partial charge < -0.3 is 30.2 Å². The van der Waals surface area contributed by atoms with Crippen LogP contribution in [0, 0.1) is 0 Å². The fourth-order valence-corrected chi connectivity index (χ4v) is 0. The van der Waals surface area contributed by atoms with Crippen LogP contribution in [0.2, 0.25) is 0 Å². The van der Waals surface area contributed by atoms with Gasteiger partial charge in [-0.05, 0) is 0 Å². The minimum Gasteiger partial charge on any atom is -2.00 e. The smallest absolute Gasteiger partial charge is 2.00 e. The van der Waals surface area contributed by atoms with Crippen LogP contribution in [0.15, 0.2) is 0 Å². The second kappa shape index (κ2) is 12.0. The molecule has 0 aromatic carbocycles. The molecule has 0 amide bonds. The zero-order valence-corrected chi connectivity index (χ0v) is 7.58. The Balaban J connectivity index is -0.0000000133. The first-order valence-corrected chi connectivity index (χ1v) is 2.19. The van der Waals surface area contributed by atoms with Crippen LogP contribution in [-0.4, -0.2) is 17.4 Å². The van der Waals surface area contributed by atoms with Gasteiger partial charge in [0.15, 0.2) is 0 Å². The summed E-state index contributed by atoms with van der Waals surface area (Å²) in [6.07, 6.45) is 0. The number of hydrogen-bond acceptors (Lipinski definition) is 4. The van der Waals surface area contributed by atoms with E-state index in [4.69, 9.17) is 19.2 Å². The van der Waals surface area contributed by atoms with Crippen LogP contribution in [0.3, 0.4) is 0 Å². The fourth-order valence-electron chi connectivity index (χ4n) is 0. The van der Waals surface area contributed by atoms with Crippen LogP contribution < -0.4 is 14.7 Å². The van der Waals surface area contributed by atoms with Crippen molar-refractivity contribution in [2.24, 2.45) is 0 Å². The molecular formula is AlO6PTi. The predicted octanol–water partition coefficient (Wildman–Crippen LogP) is -3.45. The molecule has 0 heterocycles. The van der Waals surface area contributed by atoms with Gasteiger partial charge in [-0.2, -0.15) is 7.82 Å². The molecule has 0 spiro atoms. The van der Waals surface area contributed by atoms with Gasteiger partial charge in [0.2, 0.25) is 0 Å². The molecule has 0 aromatic rings. The van der Waals surface area contributed by atoms with Crippen molar-refractivity contribution in [3.05, 3.63) is 0 Å².